The minimum Gasteiger partial charge on any atom is -0.341 e. The zero-order valence-electron chi connectivity index (χ0n) is 15.7. The van der Waals surface area contributed by atoms with E-state index in [4.69, 9.17) is 39.9 Å². The number of hydrogen-bond donors (Lipinski definition) is 0. The van der Waals surface area contributed by atoms with Crippen molar-refractivity contribution in [2.45, 2.75) is 5.16 Å². The maximum atomic E-state index is 6.41. The van der Waals surface area contributed by atoms with Gasteiger partial charge in [-0.05, 0) is 48.0 Å². The molecular weight excluding hydrogens is 461 g/mol. The van der Waals surface area contributed by atoms with E-state index in [1.807, 2.05) is 54.1 Å². The van der Waals surface area contributed by atoms with Gasteiger partial charge >= 0.3 is 0 Å². The Labute approximate surface area is 192 Å². The van der Waals surface area contributed by atoms with Crippen LogP contribution in [-0.4, -0.2) is 30.9 Å². The van der Waals surface area contributed by atoms with Gasteiger partial charge in [0.1, 0.15) is 0 Å². The predicted octanol–water partition coefficient (Wildman–Crippen LogP) is 6.27. The van der Waals surface area contributed by atoms with Gasteiger partial charge in [-0.25, -0.2) is 0 Å². The molecule has 0 atom stereocenters. The van der Waals surface area contributed by atoms with Gasteiger partial charge in [-0.3, -0.25) is 0 Å². The van der Waals surface area contributed by atoms with Crippen molar-refractivity contribution in [3.8, 4) is 22.8 Å². The second-order valence-corrected chi connectivity index (χ2v) is 8.97. The van der Waals surface area contributed by atoms with Crippen LogP contribution in [0.2, 0.25) is 15.1 Å². The number of hydrogen-bond acceptors (Lipinski definition) is 4. The van der Waals surface area contributed by atoms with Crippen LogP contribution in [0, 0.1) is 0 Å². The third-order valence-corrected chi connectivity index (χ3v) is 6.65. The number of aromatic nitrogens is 4. The van der Waals surface area contributed by atoms with Crippen molar-refractivity contribution in [2.75, 3.05) is 5.75 Å². The van der Waals surface area contributed by atoms with E-state index in [0.29, 0.717) is 20.9 Å². The van der Waals surface area contributed by atoms with Gasteiger partial charge in [0, 0.05) is 39.1 Å². The molecule has 0 amide bonds. The molecule has 4 aromatic rings. The Bertz CT molecular complexity index is 1290. The van der Waals surface area contributed by atoms with E-state index in [0.717, 1.165) is 39.1 Å². The van der Waals surface area contributed by atoms with Crippen molar-refractivity contribution in [3.63, 3.8) is 0 Å². The normalized spacial score (nSPS) is 13.3. The first kappa shape index (κ1) is 19.7. The summed E-state index contributed by atoms with van der Waals surface area (Å²) < 4.78 is 3.81. The molecule has 0 unspecified atom stereocenters. The lowest BCUT2D eigenvalue weighted by Crippen LogP contribution is -2.14. The molecule has 0 fully saturated rings. The van der Waals surface area contributed by atoms with Gasteiger partial charge in [-0.2, -0.15) is 9.78 Å². The fourth-order valence-electron chi connectivity index (χ4n) is 3.37. The standard InChI is InChI=1S/C21H14Cl3N5S/c1-28-18(15-10-14(23)6-7-16(15)24)8-9-19(28)20-25-26-21-29(20)27-17(11-30-21)12-2-4-13(22)5-3-12/h2-10H,11H2,1H3. The van der Waals surface area contributed by atoms with E-state index in [1.165, 1.54) is 0 Å². The molecule has 2 aromatic carbocycles. The minimum absolute atomic E-state index is 0.630. The predicted molar refractivity (Wildman–Crippen MR) is 124 cm³/mol. The average molecular weight is 475 g/mol. The maximum absolute atomic E-state index is 6.41. The zero-order valence-corrected chi connectivity index (χ0v) is 18.8. The molecule has 0 bridgehead atoms. The summed E-state index contributed by atoms with van der Waals surface area (Å²) in [7, 11) is 1.96. The molecule has 1 aliphatic heterocycles. The van der Waals surface area contributed by atoms with Crippen molar-refractivity contribution < 1.29 is 0 Å². The van der Waals surface area contributed by atoms with Crippen LogP contribution in [0.25, 0.3) is 22.8 Å². The summed E-state index contributed by atoms with van der Waals surface area (Å²) in [5.41, 5.74) is 4.63. The van der Waals surface area contributed by atoms with Crippen LogP contribution < -0.4 is 0 Å². The number of rotatable bonds is 3. The molecule has 0 saturated heterocycles. The first-order valence-corrected chi connectivity index (χ1v) is 11.2. The van der Waals surface area contributed by atoms with Crippen molar-refractivity contribution in [3.05, 3.63) is 75.2 Å². The van der Waals surface area contributed by atoms with Crippen molar-refractivity contribution >= 4 is 52.3 Å². The van der Waals surface area contributed by atoms with Gasteiger partial charge in [0.05, 0.1) is 11.4 Å². The fraction of sp³-hybridized carbons (Fsp3) is 0.0952. The molecule has 0 spiro atoms. The summed E-state index contributed by atoms with van der Waals surface area (Å²) in [4.78, 5) is 0. The molecule has 3 heterocycles. The molecule has 0 aliphatic carbocycles. The summed E-state index contributed by atoms with van der Waals surface area (Å²) in [5.74, 6) is 1.38. The first-order chi connectivity index (χ1) is 14.5. The summed E-state index contributed by atoms with van der Waals surface area (Å²) in [6.07, 6.45) is 0. The fourth-order valence-corrected chi connectivity index (χ4v) is 4.72. The summed E-state index contributed by atoms with van der Waals surface area (Å²) >= 11 is 20.2. The van der Waals surface area contributed by atoms with E-state index in [1.54, 1.807) is 28.6 Å². The van der Waals surface area contributed by atoms with Crippen molar-refractivity contribution in [1.82, 2.24) is 19.4 Å². The van der Waals surface area contributed by atoms with Crippen LogP contribution in [0.5, 0.6) is 0 Å². The number of nitrogens with zero attached hydrogens (tertiary/aromatic N) is 5. The molecule has 5 rings (SSSR count). The van der Waals surface area contributed by atoms with Crippen LogP contribution >= 0.6 is 46.6 Å². The highest BCUT2D eigenvalue weighted by atomic mass is 35.5. The summed E-state index contributed by atoms with van der Waals surface area (Å²) in [6.45, 7) is 0. The minimum atomic E-state index is 0.630. The van der Waals surface area contributed by atoms with Crippen molar-refractivity contribution in [1.29, 1.82) is 0 Å². The van der Waals surface area contributed by atoms with Gasteiger partial charge in [0.15, 0.2) is 0 Å². The molecule has 30 heavy (non-hydrogen) atoms. The number of thioether (sulfide) groups is 1. The van der Waals surface area contributed by atoms with Gasteiger partial charge in [-0.15, -0.1) is 10.2 Å². The summed E-state index contributed by atoms with van der Waals surface area (Å²) in [6, 6.07) is 17.1. The Balaban J connectivity index is 1.59. The second-order valence-electron chi connectivity index (χ2n) is 6.75. The molecule has 1 aliphatic rings. The highest BCUT2D eigenvalue weighted by molar-refractivity contribution is 7.99. The van der Waals surface area contributed by atoms with Crippen LogP contribution in [0.4, 0.5) is 0 Å². The second kappa shape index (κ2) is 7.78. The van der Waals surface area contributed by atoms with Gasteiger partial charge in [0.25, 0.3) is 0 Å². The Kier molecular flexibility index (Phi) is 5.11. The molecule has 0 N–H and O–H groups in total. The smallest absolute Gasteiger partial charge is 0.212 e. The summed E-state index contributed by atoms with van der Waals surface area (Å²) in [5, 5.41) is 16.3. The highest BCUT2D eigenvalue weighted by Crippen LogP contribution is 2.35. The van der Waals surface area contributed by atoms with E-state index in [2.05, 4.69) is 10.2 Å². The zero-order chi connectivity index (χ0) is 20.8. The van der Waals surface area contributed by atoms with E-state index in [-0.39, 0.29) is 0 Å². The lowest BCUT2D eigenvalue weighted by molar-refractivity contribution is 0.756. The number of fused-ring (bicyclic) bond motifs is 1. The molecular formula is C21H14Cl3N5S. The molecule has 9 heteroatoms. The maximum Gasteiger partial charge on any atom is 0.212 e. The molecule has 0 saturated carbocycles. The largest absolute Gasteiger partial charge is 0.341 e. The average Bonchev–Trinajstić information content (AvgIpc) is 3.33. The van der Waals surface area contributed by atoms with E-state index in [9.17, 15) is 0 Å². The van der Waals surface area contributed by atoms with E-state index >= 15 is 0 Å². The third kappa shape index (κ3) is 3.44. The molecule has 0 radical (unpaired) electrons. The van der Waals surface area contributed by atoms with Crippen molar-refractivity contribution in [2.24, 2.45) is 12.1 Å². The Morgan fingerprint density at radius 3 is 2.40 bits per heavy atom. The molecule has 2 aromatic heterocycles. The quantitative estimate of drug-likeness (QED) is 0.351. The Morgan fingerprint density at radius 1 is 0.867 bits per heavy atom. The lowest BCUT2D eigenvalue weighted by atomic mass is 10.1. The SMILES string of the molecule is Cn1c(-c2cc(Cl)ccc2Cl)ccc1-c1nnc2n1N=C(c1ccc(Cl)cc1)CS2. The Hall–Kier alpha value is -2.25. The monoisotopic (exact) mass is 473 g/mol. The highest BCUT2D eigenvalue weighted by Gasteiger charge is 2.23. The lowest BCUT2D eigenvalue weighted by Gasteiger charge is -2.14. The topological polar surface area (TPSA) is 48.0 Å². The van der Waals surface area contributed by atoms with Crippen LogP contribution in [-0.2, 0) is 7.05 Å². The van der Waals surface area contributed by atoms with Crippen LogP contribution in [0.15, 0.2) is 64.9 Å². The van der Waals surface area contributed by atoms with Crippen LogP contribution in [0.3, 0.4) is 0 Å². The van der Waals surface area contributed by atoms with Crippen LogP contribution in [0.1, 0.15) is 5.56 Å². The van der Waals surface area contributed by atoms with Gasteiger partial charge < -0.3 is 4.57 Å². The molecule has 150 valence electrons. The van der Waals surface area contributed by atoms with Gasteiger partial charge in [0.2, 0.25) is 11.0 Å². The first-order valence-electron chi connectivity index (χ1n) is 9.05. The third-order valence-electron chi connectivity index (χ3n) is 4.90. The number of benzene rings is 2. The Morgan fingerprint density at radius 2 is 1.60 bits per heavy atom. The van der Waals surface area contributed by atoms with E-state index < -0.39 is 0 Å². The molecule has 5 nitrogen and oxygen atoms in total. The number of halogens is 3. The van der Waals surface area contributed by atoms with Gasteiger partial charge in [-0.1, -0.05) is 58.7 Å².